The molecule has 2 aromatic rings. The minimum absolute atomic E-state index is 0.0236. The van der Waals surface area contributed by atoms with Crippen molar-refractivity contribution in [2.45, 2.75) is 6.42 Å². The zero-order valence-corrected chi connectivity index (χ0v) is 13.1. The Bertz CT molecular complexity index is 673. The van der Waals surface area contributed by atoms with Crippen LogP contribution >= 0.6 is 0 Å². The Morgan fingerprint density at radius 1 is 1.09 bits per heavy atom. The minimum atomic E-state index is -0.0236. The molecule has 5 heteroatoms. The quantitative estimate of drug-likeness (QED) is 0.922. The highest BCUT2D eigenvalue weighted by atomic mass is 16.6. The number of carbonyl (C=O) groups excluding carboxylic acids is 1. The molecule has 0 aliphatic carbocycles. The van der Waals surface area contributed by atoms with Crippen molar-refractivity contribution in [2.24, 2.45) is 0 Å². The minimum Gasteiger partial charge on any atom is -0.486 e. The van der Waals surface area contributed by atoms with E-state index in [1.807, 2.05) is 49.5 Å². The Morgan fingerprint density at radius 2 is 1.83 bits per heavy atom. The van der Waals surface area contributed by atoms with Gasteiger partial charge in [0.05, 0.1) is 0 Å². The lowest BCUT2D eigenvalue weighted by atomic mass is 10.2. The van der Waals surface area contributed by atoms with E-state index in [0.717, 1.165) is 17.1 Å². The zero-order valence-electron chi connectivity index (χ0n) is 13.1. The maximum absolute atomic E-state index is 12.1. The van der Waals surface area contributed by atoms with E-state index in [0.29, 0.717) is 31.9 Å². The third-order valence-corrected chi connectivity index (χ3v) is 3.70. The molecule has 0 aromatic heterocycles. The van der Waals surface area contributed by atoms with E-state index in [2.05, 4.69) is 10.2 Å². The van der Waals surface area contributed by atoms with Crippen LogP contribution in [0.5, 0.6) is 11.5 Å². The number of ether oxygens (including phenoxy) is 2. The van der Waals surface area contributed by atoms with Gasteiger partial charge >= 0.3 is 0 Å². The first-order chi connectivity index (χ1) is 11.2. The second-order valence-corrected chi connectivity index (χ2v) is 5.41. The Labute approximate surface area is 135 Å². The molecular weight excluding hydrogens is 292 g/mol. The Balaban J connectivity index is 1.53. The van der Waals surface area contributed by atoms with E-state index < -0.39 is 0 Å². The van der Waals surface area contributed by atoms with Crippen LogP contribution in [0.25, 0.3) is 0 Å². The lowest BCUT2D eigenvalue weighted by Gasteiger charge is -2.20. The molecule has 0 fully saturated rings. The van der Waals surface area contributed by atoms with Crippen molar-refractivity contribution in [3.8, 4) is 11.5 Å². The molecule has 0 unspecified atom stereocenters. The van der Waals surface area contributed by atoms with Gasteiger partial charge in [-0.3, -0.25) is 4.79 Å². The number of rotatable bonds is 5. The van der Waals surface area contributed by atoms with Gasteiger partial charge in [-0.1, -0.05) is 18.2 Å². The highest BCUT2D eigenvalue weighted by molar-refractivity contribution is 5.91. The molecule has 3 rings (SSSR count). The van der Waals surface area contributed by atoms with Gasteiger partial charge in [0.25, 0.3) is 0 Å². The maximum Gasteiger partial charge on any atom is 0.226 e. The Hall–Kier alpha value is -2.69. The molecule has 5 nitrogen and oxygen atoms in total. The Kier molecular flexibility index (Phi) is 4.66. The fourth-order valence-corrected chi connectivity index (χ4v) is 2.43. The smallest absolute Gasteiger partial charge is 0.226 e. The van der Waals surface area contributed by atoms with Crippen molar-refractivity contribution in [1.29, 1.82) is 0 Å². The highest BCUT2D eigenvalue weighted by Gasteiger charge is 2.13. The predicted octanol–water partition coefficient (Wildman–Crippen LogP) is 2.92. The van der Waals surface area contributed by atoms with E-state index in [4.69, 9.17) is 9.47 Å². The van der Waals surface area contributed by atoms with Gasteiger partial charge in [-0.25, -0.2) is 0 Å². The number of nitrogens with zero attached hydrogens (tertiary/aromatic N) is 1. The second kappa shape index (κ2) is 7.05. The van der Waals surface area contributed by atoms with Crippen LogP contribution in [0.3, 0.4) is 0 Å². The molecule has 23 heavy (non-hydrogen) atoms. The standard InChI is InChI=1S/C18H20N2O3/c1-20(15-5-3-2-4-6-15)10-9-18(21)19-14-7-8-16-17(13-14)23-12-11-22-16/h2-8,13H,9-12H2,1H3,(H,19,21). The van der Waals surface area contributed by atoms with Gasteiger partial charge < -0.3 is 19.7 Å². The number of para-hydroxylation sites is 1. The van der Waals surface area contributed by atoms with E-state index in [9.17, 15) is 4.79 Å². The van der Waals surface area contributed by atoms with Crippen molar-refractivity contribution in [3.05, 3.63) is 48.5 Å². The van der Waals surface area contributed by atoms with Crippen molar-refractivity contribution in [3.63, 3.8) is 0 Å². The number of nitrogens with one attached hydrogen (secondary N) is 1. The second-order valence-electron chi connectivity index (χ2n) is 5.41. The fourth-order valence-electron chi connectivity index (χ4n) is 2.43. The molecule has 0 spiro atoms. The van der Waals surface area contributed by atoms with Crippen LogP contribution in [-0.4, -0.2) is 32.7 Å². The summed E-state index contributed by atoms with van der Waals surface area (Å²) in [5, 5.41) is 2.90. The largest absolute Gasteiger partial charge is 0.486 e. The lowest BCUT2D eigenvalue weighted by Crippen LogP contribution is -2.24. The summed E-state index contributed by atoms with van der Waals surface area (Å²) in [6.07, 6.45) is 0.417. The third kappa shape index (κ3) is 3.94. The summed E-state index contributed by atoms with van der Waals surface area (Å²) in [7, 11) is 1.98. The summed E-state index contributed by atoms with van der Waals surface area (Å²) in [5.74, 6) is 1.37. The van der Waals surface area contributed by atoms with Crippen LogP contribution in [0.2, 0.25) is 0 Å². The Morgan fingerprint density at radius 3 is 2.61 bits per heavy atom. The molecule has 1 aliphatic heterocycles. The molecule has 120 valence electrons. The van der Waals surface area contributed by atoms with Gasteiger partial charge in [0.2, 0.25) is 5.91 Å². The number of hydrogen-bond acceptors (Lipinski definition) is 4. The van der Waals surface area contributed by atoms with Crippen molar-refractivity contribution < 1.29 is 14.3 Å². The summed E-state index contributed by atoms with van der Waals surface area (Å²) >= 11 is 0. The topological polar surface area (TPSA) is 50.8 Å². The molecule has 0 bridgehead atoms. The van der Waals surface area contributed by atoms with E-state index >= 15 is 0 Å². The summed E-state index contributed by atoms with van der Waals surface area (Å²) in [6, 6.07) is 15.4. The molecule has 1 aliphatic rings. The van der Waals surface area contributed by atoms with Crippen LogP contribution in [0.4, 0.5) is 11.4 Å². The number of fused-ring (bicyclic) bond motifs is 1. The average Bonchev–Trinajstić information content (AvgIpc) is 2.60. The third-order valence-electron chi connectivity index (χ3n) is 3.70. The van der Waals surface area contributed by atoms with Crippen molar-refractivity contribution in [2.75, 3.05) is 37.0 Å². The molecule has 0 atom stereocenters. The predicted molar refractivity (Wildman–Crippen MR) is 90.4 cm³/mol. The molecule has 0 saturated heterocycles. The molecule has 1 heterocycles. The molecule has 0 saturated carbocycles. The number of benzene rings is 2. The van der Waals surface area contributed by atoms with Gasteiger partial charge in [-0.05, 0) is 24.3 Å². The van der Waals surface area contributed by atoms with E-state index in [1.54, 1.807) is 6.07 Å². The number of carbonyl (C=O) groups is 1. The summed E-state index contributed by atoms with van der Waals surface area (Å²) < 4.78 is 11.0. The number of anilines is 2. The van der Waals surface area contributed by atoms with Crippen LogP contribution in [0.1, 0.15) is 6.42 Å². The van der Waals surface area contributed by atoms with E-state index in [1.165, 1.54) is 0 Å². The van der Waals surface area contributed by atoms with Crippen LogP contribution < -0.4 is 19.7 Å². The first-order valence-corrected chi connectivity index (χ1v) is 7.68. The number of hydrogen-bond donors (Lipinski definition) is 1. The molecule has 0 radical (unpaired) electrons. The van der Waals surface area contributed by atoms with Gasteiger partial charge in [0.15, 0.2) is 11.5 Å². The highest BCUT2D eigenvalue weighted by Crippen LogP contribution is 2.32. The van der Waals surface area contributed by atoms with Crippen molar-refractivity contribution >= 4 is 17.3 Å². The average molecular weight is 312 g/mol. The lowest BCUT2D eigenvalue weighted by molar-refractivity contribution is -0.116. The normalized spacial score (nSPS) is 12.6. The molecular formula is C18H20N2O3. The first-order valence-electron chi connectivity index (χ1n) is 7.68. The summed E-state index contributed by atoms with van der Waals surface area (Å²) in [5.41, 5.74) is 1.82. The van der Waals surface area contributed by atoms with E-state index in [-0.39, 0.29) is 5.91 Å². The first kappa shape index (κ1) is 15.2. The maximum atomic E-state index is 12.1. The van der Waals surface area contributed by atoms with Gasteiger partial charge in [-0.2, -0.15) is 0 Å². The number of amides is 1. The van der Waals surface area contributed by atoms with Gasteiger partial charge in [0.1, 0.15) is 13.2 Å². The SMILES string of the molecule is CN(CCC(=O)Nc1ccc2c(c1)OCCO2)c1ccccc1. The summed E-state index contributed by atoms with van der Waals surface area (Å²) in [6.45, 7) is 1.75. The van der Waals surface area contributed by atoms with Crippen LogP contribution in [-0.2, 0) is 4.79 Å². The molecule has 1 amide bonds. The summed E-state index contributed by atoms with van der Waals surface area (Å²) in [4.78, 5) is 14.2. The molecule has 2 aromatic carbocycles. The van der Waals surface area contributed by atoms with Crippen molar-refractivity contribution in [1.82, 2.24) is 0 Å². The van der Waals surface area contributed by atoms with Gasteiger partial charge in [-0.15, -0.1) is 0 Å². The van der Waals surface area contributed by atoms with Crippen LogP contribution in [0.15, 0.2) is 48.5 Å². The monoisotopic (exact) mass is 312 g/mol. The van der Waals surface area contributed by atoms with Gasteiger partial charge in [0, 0.05) is 37.5 Å². The van der Waals surface area contributed by atoms with Crippen LogP contribution in [0, 0.1) is 0 Å². The fraction of sp³-hybridized carbons (Fsp3) is 0.278. The zero-order chi connectivity index (χ0) is 16.1. The molecule has 1 N–H and O–H groups in total.